The predicted octanol–water partition coefficient (Wildman–Crippen LogP) is 2.24. The third-order valence-corrected chi connectivity index (χ3v) is 3.68. The van der Waals surface area contributed by atoms with Crippen LogP contribution in [0.25, 0.3) is 0 Å². The van der Waals surface area contributed by atoms with Gasteiger partial charge < -0.3 is 4.90 Å². The number of halogens is 1. The number of carbonyl (C=O) groups is 1. The number of amides is 1. The molecule has 0 fully saturated rings. The molecule has 0 saturated heterocycles. The van der Waals surface area contributed by atoms with E-state index in [-0.39, 0.29) is 5.91 Å². The molecule has 3 rings (SSSR count). The number of benzene rings is 1. The van der Waals surface area contributed by atoms with Gasteiger partial charge in [-0.25, -0.2) is 9.97 Å². The van der Waals surface area contributed by atoms with Gasteiger partial charge in [0.05, 0.1) is 12.2 Å². The Balaban J connectivity index is 1.82. The molecule has 1 amide bonds. The molecule has 0 unspecified atom stereocenters. The molecule has 0 bridgehead atoms. The van der Waals surface area contributed by atoms with Crippen molar-refractivity contribution in [1.82, 2.24) is 14.9 Å². The van der Waals surface area contributed by atoms with E-state index < -0.39 is 0 Å². The molecule has 18 heavy (non-hydrogen) atoms. The number of hydrogen-bond donors (Lipinski definition) is 0. The van der Waals surface area contributed by atoms with Crippen molar-refractivity contribution >= 4 is 28.5 Å². The fraction of sp³-hybridized carbons (Fsp3) is 0.154. The van der Waals surface area contributed by atoms with Crippen LogP contribution in [0.2, 0.25) is 0 Å². The van der Waals surface area contributed by atoms with Crippen LogP contribution in [0.1, 0.15) is 21.6 Å². The van der Waals surface area contributed by atoms with E-state index in [2.05, 4.69) is 32.6 Å². The van der Waals surface area contributed by atoms with Gasteiger partial charge in [0.25, 0.3) is 5.91 Å². The second-order valence-corrected chi connectivity index (χ2v) is 5.41. The second-order valence-electron chi connectivity index (χ2n) is 4.16. The Hall–Kier alpha value is -1.50. The minimum Gasteiger partial charge on any atom is -0.328 e. The third-order valence-electron chi connectivity index (χ3n) is 2.96. The number of fused-ring (bicyclic) bond motifs is 1. The molecular weight excluding hydrogens is 341 g/mol. The average molecular weight is 351 g/mol. The van der Waals surface area contributed by atoms with Crippen LogP contribution in [-0.4, -0.2) is 20.8 Å². The van der Waals surface area contributed by atoms with Gasteiger partial charge in [0.2, 0.25) is 0 Å². The molecule has 2 aromatic rings. The van der Waals surface area contributed by atoms with Gasteiger partial charge >= 0.3 is 0 Å². The minimum atomic E-state index is 0.0457. The lowest BCUT2D eigenvalue weighted by atomic mass is 10.2. The molecule has 1 aliphatic rings. The van der Waals surface area contributed by atoms with Crippen LogP contribution in [0.5, 0.6) is 0 Å². The summed E-state index contributed by atoms with van der Waals surface area (Å²) in [5.74, 6) is 0.0457. The number of aromatic nitrogens is 2. The fourth-order valence-corrected chi connectivity index (χ4v) is 2.38. The molecule has 0 radical (unpaired) electrons. The van der Waals surface area contributed by atoms with Gasteiger partial charge in [-0.05, 0) is 46.9 Å². The maximum Gasteiger partial charge on any atom is 0.254 e. The predicted molar refractivity (Wildman–Crippen MR) is 74.8 cm³/mol. The summed E-state index contributed by atoms with van der Waals surface area (Å²) in [5.41, 5.74) is 2.71. The molecule has 1 aliphatic heterocycles. The zero-order chi connectivity index (χ0) is 12.5. The highest BCUT2D eigenvalue weighted by Gasteiger charge is 2.25. The van der Waals surface area contributed by atoms with Crippen LogP contribution >= 0.6 is 22.6 Å². The molecule has 0 aliphatic carbocycles. The van der Waals surface area contributed by atoms with Gasteiger partial charge in [-0.2, -0.15) is 0 Å². The number of rotatable bonds is 1. The lowest BCUT2D eigenvalue weighted by Crippen LogP contribution is -2.25. The quantitative estimate of drug-likeness (QED) is 0.741. The first kappa shape index (κ1) is 11.6. The van der Waals surface area contributed by atoms with E-state index >= 15 is 0 Å². The van der Waals surface area contributed by atoms with Gasteiger partial charge in [0.1, 0.15) is 6.33 Å². The van der Waals surface area contributed by atoms with Crippen LogP contribution in [0.4, 0.5) is 0 Å². The summed E-state index contributed by atoms with van der Waals surface area (Å²) in [4.78, 5) is 22.3. The number of nitrogens with zero attached hydrogens (tertiary/aromatic N) is 3. The Morgan fingerprint density at radius 1 is 1.22 bits per heavy atom. The summed E-state index contributed by atoms with van der Waals surface area (Å²) in [6.45, 7) is 1.17. The van der Waals surface area contributed by atoms with Crippen molar-refractivity contribution in [1.29, 1.82) is 0 Å². The highest BCUT2D eigenvalue weighted by molar-refractivity contribution is 14.1. The summed E-state index contributed by atoms with van der Waals surface area (Å²) in [6.07, 6.45) is 3.31. The molecule has 0 atom stereocenters. The summed E-state index contributed by atoms with van der Waals surface area (Å²) < 4.78 is 1.12. The third kappa shape index (κ3) is 2.10. The van der Waals surface area contributed by atoms with E-state index in [1.165, 1.54) is 6.33 Å². The Morgan fingerprint density at radius 3 is 2.72 bits per heavy atom. The van der Waals surface area contributed by atoms with Gasteiger partial charge in [-0.3, -0.25) is 4.79 Å². The highest BCUT2D eigenvalue weighted by atomic mass is 127. The van der Waals surface area contributed by atoms with E-state index in [1.54, 1.807) is 11.1 Å². The first-order valence-corrected chi connectivity index (χ1v) is 6.64. The average Bonchev–Trinajstić information content (AvgIpc) is 2.82. The minimum absolute atomic E-state index is 0.0457. The van der Waals surface area contributed by atoms with Crippen molar-refractivity contribution in [3.05, 3.63) is 57.2 Å². The molecule has 1 aromatic heterocycles. The maximum atomic E-state index is 12.3. The molecule has 2 heterocycles. The molecule has 0 saturated carbocycles. The van der Waals surface area contributed by atoms with E-state index in [9.17, 15) is 4.79 Å². The van der Waals surface area contributed by atoms with Crippen LogP contribution in [0.15, 0.2) is 36.8 Å². The van der Waals surface area contributed by atoms with Crippen LogP contribution in [0, 0.1) is 3.57 Å². The fourth-order valence-electron chi connectivity index (χ4n) is 2.02. The van der Waals surface area contributed by atoms with Gasteiger partial charge in [0.15, 0.2) is 0 Å². The lowest BCUT2D eigenvalue weighted by Gasteiger charge is -2.14. The Bertz CT molecular complexity index is 572. The van der Waals surface area contributed by atoms with E-state index in [0.717, 1.165) is 20.4 Å². The van der Waals surface area contributed by atoms with E-state index in [4.69, 9.17) is 0 Å². The zero-order valence-electron chi connectivity index (χ0n) is 9.51. The standard InChI is InChI=1S/C13H10IN3O/c14-11-3-1-9(2-4-11)13(18)17-6-10-5-15-8-16-12(10)7-17/h1-5,8H,6-7H2. The van der Waals surface area contributed by atoms with Crippen LogP contribution in [-0.2, 0) is 13.1 Å². The summed E-state index contributed by atoms with van der Waals surface area (Å²) in [7, 11) is 0. The summed E-state index contributed by atoms with van der Waals surface area (Å²) in [6, 6.07) is 7.60. The molecule has 0 N–H and O–H groups in total. The van der Waals surface area contributed by atoms with Crippen molar-refractivity contribution in [2.24, 2.45) is 0 Å². The van der Waals surface area contributed by atoms with E-state index in [1.807, 2.05) is 24.3 Å². The first-order valence-electron chi connectivity index (χ1n) is 5.56. The van der Waals surface area contributed by atoms with Crippen molar-refractivity contribution in [2.75, 3.05) is 0 Å². The monoisotopic (exact) mass is 351 g/mol. The normalized spacial score (nSPS) is 13.5. The Morgan fingerprint density at radius 2 is 2.00 bits per heavy atom. The van der Waals surface area contributed by atoms with Gasteiger partial charge in [-0.15, -0.1) is 0 Å². The maximum absolute atomic E-state index is 12.3. The molecule has 5 heteroatoms. The van der Waals surface area contributed by atoms with Gasteiger partial charge in [-0.1, -0.05) is 0 Å². The Labute approximate surface area is 118 Å². The van der Waals surface area contributed by atoms with Gasteiger partial charge in [0, 0.05) is 27.4 Å². The smallest absolute Gasteiger partial charge is 0.254 e. The van der Waals surface area contributed by atoms with Crippen molar-refractivity contribution in [3.8, 4) is 0 Å². The molecule has 90 valence electrons. The molecule has 4 nitrogen and oxygen atoms in total. The second kappa shape index (κ2) is 4.64. The molecule has 0 spiro atoms. The molecular formula is C13H10IN3O. The summed E-state index contributed by atoms with van der Waals surface area (Å²) in [5, 5.41) is 0. The number of carbonyl (C=O) groups excluding carboxylic acids is 1. The lowest BCUT2D eigenvalue weighted by molar-refractivity contribution is 0.0750. The van der Waals surface area contributed by atoms with Crippen LogP contribution < -0.4 is 0 Å². The topological polar surface area (TPSA) is 46.1 Å². The SMILES string of the molecule is O=C(c1ccc(I)cc1)N1Cc2cncnc2C1. The van der Waals surface area contributed by atoms with E-state index in [0.29, 0.717) is 13.1 Å². The van der Waals surface area contributed by atoms with Crippen molar-refractivity contribution in [3.63, 3.8) is 0 Å². The number of hydrogen-bond acceptors (Lipinski definition) is 3. The first-order chi connectivity index (χ1) is 8.74. The largest absolute Gasteiger partial charge is 0.328 e. The molecule has 1 aromatic carbocycles. The summed E-state index contributed by atoms with van der Waals surface area (Å²) >= 11 is 2.23. The van der Waals surface area contributed by atoms with Crippen molar-refractivity contribution in [2.45, 2.75) is 13.1 Å². The van der Waals surface area contributed by atoms with Crippen molar-refractivity contribution < 1.29 is 4.79 Å². The van der Waals surface area contributed by atoms with Crippen LogP contribution in [0.3, 0.4) is 0 Å². The zero-order valence-corrected chi connectivity index (χ0v) is 11.7. The highest BCUT2D eigenvalue weighted by Crippen LogP contribution is 2.21. The Kier molecular flexibility index (Phi) is 2.99.